The van der Waals surface area contributed by atoms with E-state index in [9.17, 15) is 24.0 Å². The molecule has 188 valence electrons. The van der Waals surface area contributed by atoms with Crippen LogP contribution >= 0.6 is 0 Å². The summed E-state index contributed by atoms with van der Waals surface area (Å²) in [7, 11) is 0. The molecule has 2 heterocycles. The molecule has 0 spiro atoms. The SMILES string of the molecule is O=C(c1cccc(N2C(=O)[C@@H]3[C@H](C2=O)[C@@H]2C=C[C@H]3C2)c1)c1cccc(N2C(=O)[C@@H]3[C@H](C2=O)[C@H]2C=C[C@H]3C2)c1. The van der Waals surface area contributed by atoms with Crippen molar-refractivity contribution < 1.29 is 24.0 Å². The Morgan fingerprint density at radius 1 is 0.553 bits per heavy atom. The number of carbonyl (C=O) groups is 5. The second-order valence-electron chi connectivity index (χ2n) is 11.5. The van der Waals surface area contributed by atoms with Crippen LogP contribution in [0.2, 0.25) is 0 Å². The van der Waals surface area contributed by atoms with E-state index in [4.69, 9.17) is 0 Å². The lowest BCUT2D eigenvalue weighted by molar-refractivity contribution is -0.124. The fourth-order valence-electron chi connectivity index (χ4n) is 8.05. The molecule has 2 aliphatic heterocycles. The normalized spacial score (nSPS) is 35.7. The summed E-state index contributed by atoms with van der Waals surface area (Å²) in [5.41, 5.74) is 1.46. The second-order valence-corrected chi connectivity index (χ2v) is 11.5. The molecule has 8 rings (SSSR count). The molecule has 0 unspecified atom stereocenters. The van der Waals surface area contributed by atoms with E-state index in [1.165, 1.54) is 9.80 Å². The molecule has 7 heteroatoms. The Morgan fingerprint density at radius 2 is 0.895 bits per heavy atom. The number of hydrogen-bond acceptors (Lipinski definition) is 5. The molecule has 4 aliphatic carbocycles. The van der Waals surface area contributed by atoms with E-state index >= 15 is 0 Å². The fraction of sp³-hybridized carbons (Fsp3) is 0.323. The summed E-state index contributed by atoms with van der Waals surface area (Å²) in [6, 6.07) is 13.2. The number of hydrogen-bond donors (Lipinski definition) is 0. The minimum absolute atomic E-state index is 0.112. The standard InChI is InChI=1S/C31H24N2O5/c34-27(19-3-1-5-21(13-19)32-28(35)23-15-7-8-16(11-15)24(23)29(32)36)20-4-2-6-22(14-20)33-30(37)25-17-9-10-18(12-17)26(25)31(33)38/h1-10,13-18,23-26H,11-12H2/t15-,16-,17-,18+,23-,24+,25-,26+/m0/s1. The van der Waals surface area contributed by atoms with Crippen LogP contribution in [0, 0.1) is 47.3 Å². The smallest absolute Gasteiger partial charge is 0.238 e. The van der Waals surface area contributed by atoms with Crippen LogP contribution in [0.15, 0.2) is 72.8 Å². The maximum Gasteiger partial charge on any atom is 0.238 e. The summed E-state index contributed by atoms with van der Waals surface area (Å²) >= 11 is 0. The average Bonchev–Trinajstić information content (AvgIpc) is 3.77. The molecular formula is C31H24N2O5. The monoisotopic (exact) mass is 504 g/mol. The second kappa shape index (κ2) is 7.47. The van der Waals surface area contributed by atoms with Crippen LogP contribution in [0.3, 0.4) is 0 Å². The number of amides is 4. The lowest BCUT2D eigenvalue weighted by Gasteiger charge is -2.19. The Kier molecular flexibility index (Phi) is 4.30. The van der Waals surface area contributed by atoms with Gasteiger partial charge in [0, 0.05) is 11.1 Å². The van der Waals surface area contributed by atoms with Crippen molar-refractivity contribution in [1.29, 1.82) is 0 Å². The molecule has 0 aromatic heterocycles. The number of benzene rings is 2. The van der Waals surface area contributed by atoms with Crippen molar-refractivity contribution in [3.63, 3.8) is 0 Å². The first kappa shape index (κ1) is 21.9. The zero-order valence-corrected chi connectivity index (χ0v) is 20.4. The lowest BCUT2D eigenvalue weighted by Crippen LogP contribution is -2.33. The summed E-state index contributed by atoms with van der Waals surface area (Å²) in [6.45, 7) is 0. The molecule has 38 heavy (non-hydrogen) atoms. The summed E-state index contributed by atoms with van der Waals surface area (Å²) in [6.07, 6.45) is 9.93. The van der Waals surface area contributed by atoms with Crippen molar-refractivity contribution in [3.8, 4) is 0 Å². The highest BCUT2D eigenvalue weighted by Crippen LogP contribution is 2.54. The van der Waals surface area contributed by atoms with Gasteiger partial charge in [-0.05, 0) is 60.8 Å². The number of ketones is 1. The van der Waals surface area contributed by atoms with Gasteiger partial charge in [0.2, 0.25) is 23.6 Å². The highest BCUT2D eigenvalue weighted by atomic mass is 16.2. The van der Waals surface area contributed by atoms with E-state index in [2.05, 4.69) is 24.3 Å². The molecule has 2 aromatic carbocycles. The van der Waals surface area contributed by atoms with Crippen molar-refractivity contribution in [2.45, 2.75) is 12.8 Å². The van der Waals surface area contributed by atoms with Crippen LogP contribution in [0.1, 0.15) is 28.8 Å². The van der Waals surface area contributed by atoms with Gasteiger partial charge in [-0.3, -0.25) is 24.0 Å². The first-order valence-corrected chi connectivity index (χ1v) is 13.3. The number of anilines is 2. The number of carbonyl (C=O) groups excluding carboxylic acids is 5. The third-order valence-electron chi connectivity index (χ3n) is 9.67. The maximum absolute atomic E-state index is 13.5. The highest BCUT2D eigenvalue weighted by molar-refractivity contribution is 6.24. The van der Waals surface area contributed by atoms with Gasteiger partial charge in [-0.1, -0.05) is 48.6 Å². The molecular weight excluding hydrogens is 480 g/mol. The predicted octanol–water partition coefficient (Wildman–Crippen LogP) is 3.54. The van der Waals surface area contributed by atoms with E-state index in [1.807, 2.05) is 0 Å². The number of fused-ring (bicyclic) bond motifs is 10. The van der Waals surface area contributed by atoms with Crippen LogP contribution in [-0.4, -0.2) is 29.4 Å². The third-order valence-corrected chi connectivity index (χ3v) is 9.67. The van der Waals surface area contributed by atoms with Gasteiger partial charge in [0.1, 0.15) is 0 Å². The zero-order chi connectivity index (χ0) is 25.9. The maximum atomic E-state index is 13.5. The van der Waals surface area contributed by atoms with Crippen molar-refractivity contribution >= 4 is 40.8 Å². The van der Waals surface area contributed by atoms with Crippen molar-refractivity contribution in [2.24, 2.45) is 47.3 Å². The first-order valence-electron chi connectivity index (χ1n) is 13.3. The van der Waals surface area contributed by atoms with Crippen LogP contribution in [0.25, 0.3) is 0 Å². The molecule has 0 N–H and O–H groups in total. The molecule has 8 atom stereocenters. The topological polar surface area (TPSA) is 91.8 Å². The summed E-state index contributed by atoms with van der Waals surface area (Å²) in [4.78, 5) is 69.0. The van der Waals surface area contributed by atoms with Gasteiger partial charge >= 0.3 is 0 Å². The fourth-order valence-corrected chi connectivity index (χ4v) is 8.05. The molecule has 2 aromatic rings. The summed E-state index contributed by atoms with van der Waals surface area (Å²) in [5.74, 6) is -1.87. The number of rotatable bonds is 4. The minimum Gasteiger partial charge on any atom is -0.289 e. The van der Waals surface area contributed by atoms with Gasteiger partial charge in [0.15, 0.2) is 5.78 Å². The van der Waals surface area contributed by atoms with Crippen LogP contribution in [0.5, 0.6) is 0 Å². The van der Waals surface area contributed by atoms with Gasteiger partial charge in [0.05, 0.1) is 35.0 Å². The number of imide groups is 2. The van der Waals surface area contributed by atoms with Crippen molar-refractivity contribution in [3.05, 3.63) is 84.0 Å². The van der Waals surface area contributed by atoms with Gasteiger partial charge < -0.3 is 0 Å². The largest absolute Gasteiger partial charge is 0.289 e. The van der Waals surface area contributed by atoms with Gasteiger partial charge in [-0.2, -0.15) is 0 Å². The number of nitrogens with zero attached hydrogens (tertiary/aromatic N) is 2. The number of allylic oxidation sites excluding steroid dienone is 4. The van der Waals surface area contributed by atoms with Crippen molar-refractivity contribution in [2.75, 3.05) is 9.80 Å². The molecule has 0 radical (unpaired) electrons. The zero-order valence-electron chi connectivity index (χ0n) is 20.4. The van der Waals surface area contributed by atoms with E-state index < -0.39 is 0 Å². The lowest BCUT2D eigenvalue weighted by atomic mass is 9.85. The first-order chi connectivity index (χ1) is 18.4. The van der Waals surface area contributed by atoms with Crippen molar-refractivity contribution in [1.82, 2.24) is 0 Å². The summed E-state index contributed by atoms with van der Waals surface area (Å²) in [5, 5.41) is 0. The van der Waals surface area contributed by atoms with Gasteiger partial charge in [-0.15, -0.1) is 0 Å². The minimum atomic E-state index is -0.311. The van der Waals surface area contributed by atoms with E-state index in [-0.39, 0.29) is 76.8 Å². The molecule has 4 bridgehead atoms. The molecule has 4 amide bonds. The third kappa shape index (κ3) is 2.71. The van der Waals surface area contributed by atoms with E-state index in [0.717, 1.165) is 12.8 Å². The Bertz CT molecular complexity index is 1380. The molecule has 6 aliphatic rings. The predicted molar refractivity (Wildman–Crippen MR) is 137 cm³/mol. The Labute approximate surface area is 218 Å². The summed E-state index contributed by atoms with van der Waals surface area (Å²) < 4.78 is 0. The molecule has 4 fully saturated rings. The molecule has 2 saturated heterocycles. The van der Waals surface area contributed by atoms with Crippen LogP contribution in [0.4, 0.5) is 11.4 Å². The Balaban J connectivity index is 1.08. The average molecular weight is 505 g/mol. The quantitative estimate of drug-likeness (QED) is 0.361. The van der Waals surface area contributed by atoms with Crippen LogP contribution in [-0.2, 0) is 19.2 Å². The Morgan fingerprint density at radius 3 is 1.24 bits per heavy atom. The highest BCUT2D eigenvalue weighted by Gasteiger charge is 2.60. The molecule has 2 saturated carbocycles. The van der Waals surface area contributed by atoms with Crippen LogP contribution < -0.4 is 9.80 Å². The molecule has 7 nitrogen and oxygen atoms in total. The van der Waals surface area contributed by atoms with E-state index in [0.29, 0.717) is 22.5 Å². The van der Waals surface area contributed by atoms with E-state index in [1.54, 1.807) is 48.5 Å². The Hall–Kier alpha value is -4.13. The van der Waals surface area contributed by atoms with Gasteiger partial charge in [0.25, 0.3) is 0 Å². The van der Waals surface area contributed by atoms with Gasteiger partial charge in [-0.25, -0.2) is 9.80 Å².